The third-order valence-corrected chi connectivity index (χ3v) is 5.63. The molecule has 0 fully saturated rings. The quantitative estimate of drug-likeness (QED) is 0.492. The summed E-state index contributed by atoms with van der Waals surface area (Å²) >= 11 is 3.04. The van der Waals surface area contributed by atoms with Crippen molar-refractivity contribution in [3.63, 3.8) is 0 Å². The maximum atomic E-state index is 13.0. The Morgan fingerprint density at radius 1 is 1.29 bits per heavy atom. The first kappa shape index (κ1) is 16.9. The van der Waals surface area contributed by atoms with Crippen LogP contribution in [0, 0.1) is 5.82 Å². The first-order chi connectivity index (χ1) is 11.5. The molecule has 4 nitrogen and oxygen atoms in total. The predicted octanol–water partition coefficient (Wildman–Crippen LogP) is 3.97. The minimum absolute atomic E-state index is 0.0530. The Kier molecular flexibility index (Phi) is 5.11. The fourth-order valence-corrected chi connectivity index (χ4v) is 3.84. The van der Waals surface area contributed by atoms with Crippen molar-refractivity contribution < 1.29 is 9.18 Å². The van der Waals surface area contributed by atoms with E-state index in [0.717, 1.165) is 12.2 Å². The lowest BCUT2D eigenvalue weighted by atomic mass is 10.1. The number of aromatic nitrogens is 3. The summed E-state index contributed by atoms with van der Waals surface area (Å²) in [6.45, 7) is 1.82. The molecule has 3 aromatic rings. The molecule has 24 heavy (non-hydrogen) atoms. The van der Waals surface area contributed by atoms with Crippen molar-refractivity contribution in [3.05, 3.63) is 63.9 Å². The van der Waals surface area contributed by atoms with Gasteiger partial charge in [-0.1, -0.05) is 17.8 Å². The highest BCUT2D eigenvalue weighted by Crippen LogP contribution is 2.25. The number of thioether (sulfide) groups is 1. The summed E-state index contributed by atoms with van der Waals surface area (Å²) in [6.07, 6.45) is 0.724. The van der Waals surface area contributed by atoms with Gasteiger partial charge in [-0.2, -0.15) is 0 Å². The van der Waals surface area contributed by atoms with Gasteiger partial charge in [-0.05, 0) is 42.6 Å². The number of benzene rings is 1. The van der Waals surface area contributed by atoms with Gasteiger partial charge < -0.3 is 4.57 Å². The van der Waals surface area contributed by atoms with Crippen molar-refractivity contribution >= 4 is 28.9 Å². The summed E-state index contributed by atoms with van der Waals surface area (Å²) < 4.78 is 14.9. The second-order valence-corrected chi connectivity index (χ2v) is 7.69. The number of nitrogens with zero attached hydrogens (tertiary/aromatic N) is 3. The van der Waals surface area contributed by atoms with Gasteiger partial charge in [0.05, 0.1) is 5.25 Å². The number of thiophene rings is 1. The first-order valence-electron chi connectivity index (χ1n) is 7.41. The minimum Gasteiger partial charge on any atom is -0.309 e. The molecule has 0 radical (unpaired) electrons. The number of halogens is 1. The van der Waals surface area contributed by atoms with E-state index in [0.29, 0.717) is 10.7 Å². The van der Waals surface area contributed by atoms with Crippen LogP contribution in [0.2, 0.25) is 0 Å². The average Bonchev–Trinajstić information content (AvgIpc) is 3.20. The summed E-state index contributed by atoms with van der Waals surface area (Å²) in [6, 6.07) is 9.68. The molecule has 0 aliphatic carbocycles. The standard InChI is InChI=1S/C17H16FN3OS2/c1-11(16(22)12-5-7-13(18)8-6-12)24-17-20-19-15(21(17)2)10-14-4-3-9-23-14/h3-9,11H,10H2,1-2H3/t11-/m1/s1. The van der Waals surface area contributed by atoms with Gasteiger partial charge in [-0.15, -0.1) is 21.5 Å². The van der Waals surface area contributed by atoms with E-state index >= 15 is 0 Å². The Morgan fingerprint density at radius 3 is 2.71 bits per heavy atom. The SMILES string of the molecule is C[C@@H](Sc1nnc(Cc2cccs2)n1C)C(=O)c1ccc(F)cc1. The van der Waals surface area contributed by atoms with E-state index in [4.69, 9.17) is 0 Å². The van der Waals surface area contributed by atoms with Crippen LogP contribution < -0.4 is 0 Å². The summed E-state index contributed by atoms with van der Waals surface area (Å²) in [5.41, 5.74) is 0.498. The van der Waals surface area contributed by atoms with Gasteiger partial charge in [0, 0.05) is 23.9 Å². The van der Waals surface area contributed by atoms with Crippen LogP contribution in [0.5, 0.6) is 0 Å². The Bertz CT molecular complexity index is 828. The van der Waals surface area contributed by atoms with Crippen LogP contribution in [0.15, 0.2) is 46.9 Å². The Hall–Kier alpha value is -1.99. The molecule has 0 N–H and O–H groups in total. The number of Topliss-reactive ketones (excluding diaryl/α,β-unsaturated/α-hetero) is 1. The highest BCUT2D eigenvalue weighted by Gasteiger charge is 2.20. The van der Waals surface area contributed by atoms with E-state index in [1.54, 1.807) is 11.3 Å². The molecule has 0 aliphatic heterocycles. The van der Waals surface area contributed by atoms with Crippen LogP contribution in [0.4, 0.5) is 4.39 Å². The number of hydrogen-bond acceptors (Lipinski definition) is 5. The molecule has 0 saturated heterocycles. The maximum Gasteiger partial charge on any atom is 0.191 e. The van der Waals surface area contributed by atoms with E-state index in [-0.39, 0.29) is 16.9 Å². The molecule has 0 unspecified atom stereocenters. The zero-order chi connectivity index (χ0) is 17.1. The van der Waals surface area contributed by atoms with Crippen LogP contribution in [-0.2, 0) is 13.5 Å². The molecule has 7 heteroatoms. The average molecular weight is 361 g/mol. The molecule has 0 bridgehead atoms. The third-order valence-electron chi connectivity index (χ3n) is 3.62. The van der Waals surface area contributed by atoms with E-state index in [2.05, 4.69) is 16.3 Å². The van der Waals surface area contributed by atoms with E-state index in [9.17, 15) is 9.18 Å². The largest absolute Gasteiger partial charge is 0.309 e. The summed E-state index contributed by atoms with van der Waals surface area (Å²) in [5, 5.41) is 10.8. The van der Waals surface area contributed by atoms with Crippen LogP contribution in [0.3, 0.4) is 0 Å². The Balaban J connectivity index is 1.70. The molecule has 0 amide bonds. The summed E-state index contributed by atoms with van der Waals surface area (Å²) in [5.74, 6) is 0.461. The lowest BCUT2D eigenvalue weighted by molar-refractivity contribution is 0.0994. The molecule has 3 rings (SSSR count). The Labute approximate surface area is 147 Å². The number of carbonyl (C=O) groups excluding carboxylic acids is 1. The molecule has 2 heterocycles. The third kappa shape index (κ3) is 3.73. The summed E-state index contributed by atoms with van der Waals surface area (Å²) in [4.78, 5) is 13.7. The number of rotatable bonds is 6. The zero-order valence-electron chi connectivity index (χ0n) is 13.3. The highest BCUT2D eigenvalue weighted by atomic mass is 32.2. The zero-order valence-corrected chi connectivity index (χ0v) is 14.9. The van der Waals surface area contributed by atoms with Crippen LogP contribution >= 0.6 is 23.1 Å². The van der Waals surface area contributed by atoms with Crippen molar-refractivity contribution in [2.45, 2.75) is 23.8 Å². The first-order valence-corrected chi connectivity index (χ1v) is 9.17. The molecule has 0 spiro atoms. The van der Waals surface area contributed by atoms with Crippen LogP contribution in [0.25, 0.3) is 0 Å². The lowest BCUT2D eigenvalue weighted by Crippen LogP contribution is -2.14. The smallest absolute Gasteiger partial charge is 0.191 e. The van der Waals surface area contributed by atoms with E-state index < -0.39 is 0 Å². The molecule has 2 aromatic heterocycles. The summed E-state index contributed by atoms with van der Waals surface area (Å²) in [7, 11) is 1.90. The number of hydrogen-bond donors (Lipinski definition) is 0. The van der Waals surface area contributed by atoms with Crippen molar-refractivity contribution in [2.24, 2.45) is 7.05 Å². The molecule has 124 valence electrons. The molecular weight excluding hydrogens is 345 g/mol. The van der Waals surface area contributed by atoms with Crippen molar-refractivity contribution in [1.82, 2.24) is 14.8 Å². The second-order valence-electron chi connectivity index (χ2n) is 5.35. The molecule has 0 aliphatic rings. The van der Waals surface area contributed by atoms with E-state index in [1.807, 2.05) is 30.0 Å². The Morgan fingerprint density at radius 2 is 2.04 bits per heavy atom. The molecule has 1 atom stereocenters. The fourth-order valence-electron chi connectivity index (χ4n) is 2.23. The van der Waals surface area contributed by atoms with Crippen LogP contribution in [0.1, 0.15) is 28.0 Å². The number of ketones is 1. The fraction of sp³-hybridized carbons (Fsp3) is 0.235. The molecule has 1 aromatic carbocycles. The maximum absolute atomic E-state index is 13.0. The van der Waals surface area contributed by atoms with Gasteiger partial charge in [0.2, 0.25) is 0 Å². The van der Waals surface area contributed by atoms with Crippen molar-refractivity contribution in [2.75, 3.05) is 0 Å². The second kappa shape index (κ2) is 7.27. The normalized spacial score (nSPS) is 12.3. The van der Waals surface area contributed by atoms with Crippen molar-refractivity contribution in [1.29, 1.82) is 0 Å². The van der Waals surface area contributed by atoms with Gasteiger partial charge >= 0.3 is 0 Å². The predicted molar refractivity (Wildman–Crippen MR) is 94.2 cm³/mol. The minimum atomic E-state index is -0.349. The van der Waals surface area contributed by atoms with Gasteiger partial charge in [-0.25, -0.2) is 4.39 Å². The molecule has 0 saturated carbocycles. The van der Waals surface area contributed by atoms with Gasteiger partial charge in [0.15, 0.2) is 10.9 Å². The monoisotopic (exact) mass is 361 g/mol. The molecular formula is C17H16FN3OS2. The van der Waals surface area contributed by atoms with E-state index in [1.165, 1.54) is 40.9 Å². The van der Waals surface area contributed by atoms with Gasteiger partial charge in [-0.3, -0.25) is 4.79 Å². The lowest BCUT2D eigenvalue weighted by Gasteiger charge is -2.10. The number of carbonyl (C=O) groups is 1. The highest BCUT2D eigenvalue weighted by molar-refractivity contribution is 8.00. The van der Waals surface area contributed by atoms with Gasteiger partial charge in [0.25, 0.3) is 0 Å². The van der Waals surface area contributed by atoms with Crippen LogP contribution in [-0.4, -0.2) is 25.8 Å². The van der Waals surface area contributed by atoms with Crippen molar-refractivity contribution in [3.8, 4) is 0 Å². The topological polar surface area (TPSA) is 47.8 Å². The van der Waals surface area contributed by atoms with Gasteiger partial charge in [0.1, 0.15) is 11.6 Å².